The summed E-state index contributed by atoms with van der Waals surface area (Å²) < 4.78 is 0. The number of hydrogen-bond acceptors (Lipinski definition) is 4. The van der Waals surface area contributed by atoms with Gasteiger partial charge in [0.1, 0.15) is 0 Å². The number of hydrogen-bond donors (Lipinski definition) is 2. The first kappa shape index (κ1) is 12.3. The molecule has 4 nitrogen and oxygen atoms in total. The maximum absolute atomic E-state index is 5.31. The molecule has 0 aliphatic carbocycles. The van der Waals surface area contributed by atoms with Crippen molar-refractivity contribution in [1.82, 2.24) is 0 Å². The van der Waals surface area contributed by atoms with Gasteiger partial charge in [-0.1, -0.05) is 0 Å². The highest BCUT2D eigenvalue weighted by molar-refractivity contribution is 5.79. The minimum Gasteiger partial charge on any atom is -0.330 e. The van der Waals surface area contributed by atoms with Crippen molar-refractivity contribution in [2.24, 2.45) is 21.5 Å². The van der Waals surface area contributed by atoms with E-state index in [4.69, 9.17) is 11.5 Å². The molecule has 0 saturated carbocycles. The first-order valence-corrected chi connectivity index (χ1v) is 4.78. The normalized spacial score (nSPS) is 11.8. The minimum atomic E-state index is 0.710. The zero-order valence-corrected chi connectivity index (χ0v) is 8.15. The third-order valence-corrected chi connectivity index (χ3v) is 1.45. The topological polar surface area (TPSA) is 76.8 Å². The zero-order chi connectivity index (χ0) is 9.78. The van der Waals surface area contributed by atoms with Crippen molar-refractivity contribution < 1.29 is 0 Å². The molecule has 0 fully saturated rings. The van der Waals surface area contributed by atoms with E-state index in [1.54, 1.807) is 0 Å². The molecule has 0 rings (SSSR count). The molecule has 76 valence electrons. The van der Waals surface area contributed by atoms with Gasteiger partial charge in [0.2, 0.25) is 0 Å². The maximum Gasteiger partial charge on any atom is 0.0397 e. The molecule has 0 unspecified atom stereocenters. The molecule has 0 aliphatic rings. The highest BCUT2D eigenvalue weighted by Gasteiger charge is 1.79. The molecule has 0 aliphatic heterocycles. The number of nitrogens with zero attached hydrogens (tertiary/aromatic N) is 2. The fraction of sp³-hybridized carbons (Fsp3) is 0.778. The molecule has 0 amide bonds. The minimum absolute atomic E-state index is 0.710. The van der Waals surface area contributed by atoms with Crippen molar-refractivity contribution in [1.29, 1.82) is 0 Å². The molecule has 0 bridgehead atoms. The van der Waals surface area contributed by atoms with Crippen molar-refractivity contribution in [3.8, 4) is 0 Å². The highest BCUT2D eigenvalue weighted by Crippen LogP contribution is 1.79. The van der Waals surface area contributed by atoms with E-state index in [2.05, 4.69) is 9.98 Å². The second kappa shape index (κ2) is 11.3. The van der Waals surface area contributed by atoms with Gasteiger partial charge in [-0.2, -0.15) is 0 Å². The zero-order valence-electron chi connectivity index (χ0n) is 8.15. The predicted octanol–water partition coefficient (Wildman–Crippen LogP) is 0.216. The lowest BCUT2D eigenvalue weighted by Gasteiger charge is -1.89. The molecule has 0 saturated heterocycles. The lowest BCUT2D eigenvalue weighted by molar-refractivity contribution is 0.844. The molecule has 0 atom stereocenters. The molecule has 0 aromatic carbocycles. The lowest BCUT2D eigenvalue weighted by Crippen LogP contribution is -2.00. The fourth-order valence-electron chi connectivity index (χ4n) is 0.744. The lowest BCUT2D eigenvalue weighted by atomic mass is 10.4. The Morgan fingerprint density at radius 1 is 0.846 bits per heavy atom. The summed E-state index contributed by atoms with van der Waals surface area (Å²) in [4.78, 5) is 8.32. The van der Waals surface area contributed by atoms with Gasteiger partial charge in [0.25, 0.3) is 0 Å². The average molecular weight is 184 g/mol. The predicted molar refractivity (Wildman–Crippen MR) is 58.7 cm³/mol. The van der Waals surface area contributed by atoms with Gasteiger partial charge >= 0.3 is 0 Å². The monoisotopic (exact) mass is 184 g/mol. The Labute approximate surface area is 80.1 Å². The van der Waals surface area contributed by atoms with Crippen LogP contribution in [0.2, 0.25) is 0 Å². The van der Waals surface area contributed by atoms with E-state index in [0.29, 0.717) is 13.1 Å². The SMILES string of the molecule is NCCCN=CCC=NCCCN. The number of aliphatic imine (C=N–C) groups is 2. The first-order chi connectivity index (χ1) is 6.41. The Bertz CT molecular complexity index is 127. The molecule has 4 heteroatoms. The van der Waals surface area contributed by atoms with Crippen LogP contribution in [0, 0.1) is 0 Å². The Hall–Kier alpha value is -0.740. The summed E-state index contributed by atoms with van der Waals surface area (Å²) in [6.07, 6.45) is 6.49. The van der Waals surface area contributed by atoms with Gasteiger partial charge in [0.05, 0.1) is 0 Å². The molecule has 0 aromatic heterocycles. The number of rotatable bonds is 8. The van der Waals surface area contributed by atoms with Gasteiger partial charge in [0, 0.05) is 31.9 Å². The van der Waals surface area contributed by atoms with Crippen LogP contribution < -0.4 is 11.5 Å². The standard InChI is InChI=1S/C9H20N4/c10-4-1-6-12-8-3-9-13-7-2-5-11/h8-9H,1-7,10-11H2. The van der Waals surface area contributed by atoms with E-state index in [-0.39, 0.29) is 0 Å². The van der Waals surface area contributed by atoms with E-state index >= 15 is 0 Å². The second-order valence-electron chi connectivity index (χ2n) is 2.70. The summed E-state index contributed by atoms with van der Waals surface area (Å²) in [5, 5.41) is 0. The molecule has 0 heterocycles. The van der Waals surface area contributed by atoms with Gasteiger partial charge in [-0.25, -0.2) is 0 Å². The van der Waals surface area contributed by atoms with Crippen LogP contribution in [0.15, 0.2) is 9.98 Å². The van der Waals surface area contributed by atoms with Gasteiger partial charge in [-0.3, -0.25) is 9.98 Å². The summed E-state index contributed by atoms with van der Waals surface area (Å²) in [5.41, 5.74) is 10.6. The van der Waals surface area contributed by atoms with Gasteiger partial charge in [-0.15, -0.1) is 0 Å². The third kappa shape index (κ3) is 11.3. The third-order valence-electron chi connectivity index (χ3n) is 1.45. The molecule has 4 N–H and O–H groups in total. The van der Waals surface area contributed by atoms with Crippen molar-refractivity contribution in [2.75, 3.05) is 26.2 Å². The van der Waals surface area contributed by atoms with Gasteiger partial charge in [-0.05, 0) is 25.9 Å². The largest absolute Gasteiger partial charge is 0.330 e. The number of nitrogens with two attached hydrogens (primary N) is 2. The average Bonchev–Trinajstić information content (AvgIpc) is 2.16. The Morgan fingerprint density at radius 2 is 1.31 bits per heavy atom. The highest BCUT2D eigenvalue weighted by atomic mass is 14.7. The first-order valence-electron chi connectivity index (χ1n) is 4.78. The summed E-state index contributed by atoms with van der Waals surface area (Å²) in [6, 6.07) is 0. The molecular weight excluding hydrogens is 164 g/mol. The van der Waals surface area contributed by atoms with Crippen LogP contribution in [0.5, 0.6) is 0 Å². The van der Waals surface area contributed by atoms with Crippen LogP contribution in [0.4, 0.5) is 0 Å². The summed E-state index contributed by atoms with van der Waals surface area (Å²) in [7, 11) is 0. The molecule has 13 heavy (non-hydrogen) atoms. The van der Waals surface area contributed by atoms with Gasteiger partial charge in [0.15, 0.2) is 0 Å². The molecule has 0 aromatic rings. The molecule has 0 spiro atoms. The van der Waals surface area contributed by atoms with E-state index in [9.17, 15) is 0 Å². The van der Waals surface area contributed by atoms with Crippen molar-refractivity contribution in [2.45, 2.75) is 19.3 Å². The van der Waals surface area contributed by atoms with E-state index in [0.717, 1.165) is 32.4 Å². The summed E-state index contributed by atoms with van der Waals surface area (Å²) >= 11 is 0. The Morgan fingerprint density at radius 3 is 1.69 bits per heavy atom. The van der Waals surface area contributed by atoms with Gasteiger partial charge < -0.3 is 11.5 Å². The van der Waals surface area contributed by atoms with Crippen LogP contribution >= 0.6 is 0 Å². The van der Waals surface area contributed by atoms with E-state index in [1.165, 1.54) is 0 Å². The summed E-state index contributed by atoms with van der Waals surface area (Å²) in [5.74, 6) is 0. The molecule has 0 radical (unpaired) electrons. The maximum atomic E-state index is 5.31. The van der Waals surface area contributed by atoms with Crippen LogP contribution in [0.1, 0.15) is 19.3 Å². The van der Waals surface area contributed by atoms with Crippen LogP contribution in [-0.4, -0.2) is 38.6 Å². The second-order valence-corrected chi connectivity index (χ2v) is 2.70. The van der Waals surface area contributed by atoms with E-state index < -0.39 is 0 Å². The smallest absolute Gasteiger partial charge is 0.0397 e. The molecular formula is C9H20N4. The van der Waals surface area contributed by atoms with Crippen molar-refractivity contribution >= 4 is 12.4 Å². The summed E-state index contributed by atoms with van der Waals surface area (Å²) in [6.45, 7) is 3.07. The van der Waals surface area contributed by atoms with Crippen LogP contribution in [0.25, 0.3) is 0 Å². The van der Waals surface area contributed by atoms with Crippen molar-refractivity contribution in [3.05, 3.63) is 0 Å². The quantitative estimate of drug-likeness (QED) is 0.418. The van der Waals surface area contributed by atoms with Crippen LogP contribution in [-0.2, 0) is 0 Å². The fourth-order valence-corrected chi connectivity index (χ4v) is 0.744. The Kier molecular flexibility index (Phi) is 10.6. The van der Waals surface area contributed by atoms with Crippen molar-refractivity contribution in [3.63, 3.8) is 0 Å². The Balaban J connectivity index is 3.13. The van der Waals surface area contributed by atoms with E-state index in [1.807, 2.05) is 12.4 Å². The van der Waals surface area contributed by atoms with Crippen LogP contribution in [0.3, 0.4) is 0 Å².